The molecule has 0 N–H and O–H groups in total. The van der Waals surface area contributed by atoms with Gasteiger partial charge in [0.25, 0.3) is 0 Å². The lowest BCUT2D eigenvalue weighted by Gasteiger charge is -2.37. The van der Waals surface area contributed by atoms with Gasteiger partial charge in [-0.1, -0.05) is 0 Å². The largest absolute Gasteiger partial charge is 0.497 e. The second kappa shape index (κ2) is 8.25. The third-order valence-corrected chi connectivity index (χ3v) is 4.94. The molecular weight excluding hydrogens is 326 g/mol. The first-order valence-electron chi connectivity index (χ1n) is 9.39. The molecule has 6 nitrogen and oxygen atoms in total. The summed E-state index contributed by atoms with van der Waals surface area (Å²) in [7, 11) is 1.70. The smallest absolute Gasteiger partial charge is 0.134 e. The summed E-state index contributed by atoms with van der Waals surface area (Å²) in [5.41, 5.74) is 1.24. The van der Waals surface area contributed by atoms with Gasteiger partial charge in [0.05, 0.1) is 7.11 Å². The van der Waals surface area contributed by atoms with Crippen molar-refractivity contribution in [1.29, 1.82) is 0 Å². The maximum atomic E-state index is 5.25. The van der Waals surface area contributed by atoms with E-state index in [2.05, 4.69) is 56.7 Å². The third-order valence-electron chi connectivity index (χ3n) is 4.94. The number of rotatable bonds is 6. The first kappa shape index (κ1) is 18.3. The van der Waals surface area contributed by atoms with E-state index in [0.717, 1.165) is 62.5 Å². The molecule has 6 heteroatoms. The SMILES string of the molecule is CCN(CC)c1cc(N2CCN(c3ccc(OC)cc3)CC2)nc(C)n1. The van der Waals surface area contributed by atoms with Gasteiger partial charge in [-0.15, -0.1) is 0 Å². The normalized spacial score (nSPS) is 14.5. The number of aryl methyl sites for hydroxylation is 1. The van der Waals surface area contributed by atoms with Gasteiger partial charge < -0.3 is 19.4 Å². The fourth-order valence-corrected chi connectivity index (χ4v) is 3.39. The highest BCUT2D eigenvalue weighted by Crippen LogP contribution is 2.24. The van der Waals surface area contributed by atoms with Crippen LogP contribution in [-0.4, -0.2) is 56.3 Å². The van der Waals surface area contributed by atoms with E-state index in [-0.39, 0.29) is 0 Å². The van der Waals surface area contributed by atoms with Crippen molar-refractivity contribution in [3.05, 3.63) is 36.2 Å². The summed E-state index contributed by atoms with van der Waals surface area (Å²) in [4.78, 5) is 16.3. The molecule has 1 saturated heterocycles. The van der Waals surface area contributed by atoms with E-state index in [4.69, 9.17) is 4.74 Å². The van der Waals surface area contributed by atoms with Crippen molar-refractivity contribution >= 4 is 17.3 Å². The van der Waals surface area contributed by atoms with Crippen molar-refractivity contribution in [2.75, 3.05) is 61.1 Å². The molecule has 1 aromatic heterocycles. The van der Waals surface area contributed by atoms with E-state index in [0.29, 0.717) is 0 Å². The second-order valence-corrected chi connectivity index (χ2v) is 6.48. The second-order valence-electron chi connectivity index (χ2n) is 6.48. The Balaban J connectivity index is 1.69. The molecule has 3 rings (SSSR count). The van der Waals surface area contributed by atoms with Gasteiger partial charge in [-0.3, -0.25) is 0 Å². The lowest BCUT2D eigenvalue weighted by Crippen LogP contribution is -2.47. The molecule has 0 amide bonds. The Morgan fingerprint density at radius 2 is 1.58 bits per heavy atom. The number of piperazine rings is 1. The highest BCUT2D eigenvalue weighted by molar-refractivity contribution is 5.54. The fraction of sp³-hybridized carbons (Fsp3) is 0.500. The first-order chi connectivity index (χ1) is 12.6. The predicted molar refractivity (Wildman–Crippen MR) is 108 cm³/mol. The van der Waals surface area contributed by atoms with E-state index in [1.807, 2.05) is 19.1 Å². The molecule has 0 saturated carbocycles. The molecule has 0 aliphatic carbocycles. The monoisotopic (exact) mass is 355 g/mol. The van der Waals surface area contributed by atoms with Gasteiger partial charge in [-0.2, -0.15) is 0 Å². The third kappa shape index (κ3) is 4.00. The Bertz CT molecular complexity index is 707. The molecule has 1 aliphatic rings. The highest BCUT2D eigenvalue weighted by Gasteiger charge is 2.20. The van der Waals surface area contributed by atoms with Gasteiger partial charge in [-0.25, -0.2) is 9.97 Å². The number of benzene rings is 1. The maximum Gasteiger partial charge on any atom is 0.134 e. The van der Waals surface area contributed by atoms with Crippen LogP contribution in [-0.2, 0) is 0 Å². The zero-order valence-corrected chi connectivity index (χ0v) is 16.3. The van der Waals surface area contributed by atoms with Gasteiger partial charge >= 0.3 is 0 Å². The van der Waals surface area contributed by atoms with Gasteiger partial charge in [0.2, 0.25) is 0 Å². The van der Waals surface area contributed by atoms with Crippen LogP contribution in [0.15, 0.2) is 30.3 Å². The summed E-state index contributed by atoms with van der Waals surface area (Å²) in [5.74, 6) is 3.79. The molecule has 2 heterocycles. The lowest BCUT2D eigenvalue weighted by molar-refractivity contribution is 0.415. The average molecular weight is 355 g/mol. The quantitative estimate of drug-likeness (QED) is 0.794. The molecular formula is C20H29N5O. The molecule has 0 atom stereocenters. The summed E-state index contributed by atoms with van der Waals surface area (Å²) < 4.78 is 5.25. The molecule has 0 spiro atoms. The standard InChI is InChI=1S/C20H29N5O/c1-5-23(6-2)19-15-20(22-16(3)21-19)25-13-11-24(12-14-25)17-7-9-18(26-4)10-8-17/h7-10,15H,5-6,11-14H2,1-4H3. The summed E-state index contributed by atoms with van der Waals surface area (Å²) in [5, 5.41) is 0. The summed E-state index contributed by atoms with van der Waals surface area (Å²) in [6, 6.07) is 10.4. The van der Waals surface area contributed by atoms with E-state index in [9.17, 15) is 0 Å². The lowest BCUT2D eigenvalue weighted by atomic mass is 10.2. The summed E-state index contributed by atoms with van der Waals surface area (Å²) >= 11 is 0. The Labute approximate surface area is 156 Å². The predicted octanol–water partition coefficient (Wildman–Crippen LogP) is 2.97. The molecule has 0 unspecified atom stereocenters. The zero-order chi connectivity index (χ0) is 18.5. The molecule has 2 aromatic rings. The molecule has 1 fully saturated rings. The number of hydrogen-bond donors (Lipinski definition) is 0. The van der Waals surface area contributed by atoms with Crippen LogP contribution >= 0.6 is 0 Å². The Kier molecular flexibility index (Phi) is 5.81. The maximum absolute atomic E-state index is 5.25. The summed E-state index contributed by atoms with van der Waals surface area (Å²) in [6.45, 7) is 12.1. The number of methoxy groups -OCH3 is 1. The van der Waals surface area contributed by atoms with Gasteiger partial charge in [0.1, 0.15) is 23.2 Å². The Hall–Kier alpha value is -2.50. The van der Waals surface area contributed by atoms with Crippen molar-refractivity contribution < 1.29 is 4.74 Å². The first-order valence-corrected chi connectivity index (χ1v) is 9.39. The number of ether oxygens (including phenoxy) is 1. The highest BCUT2D eigenvalue weighted by atomic mass is 16.5. The van der Waals surface area contributed by atoms with Crippen LogP contribution in [0.25, 0.3) is 0 Å². The van der Waals surface area contributed by atoms with Crippen molar-refractivity contribution in [2.24, 2.45) is 0 Å². The van der Waals surface area contributed by atoms with E-state index in [1.165, 1.54) is 5.69 Å². The number of nitrogens with zero attached hydrogens (tertiary/aromatic N) is 5. The number of anilines is 3. The van der Waals surface area contributed by atoms with Gasteiger partial charge in [-0.05, 0) is 45.0 Å². The van der Waals surface area contributed by atoms with Crippen molar-refractivity contribution in [1.82, 2.24) is 9.97 Å². The minimum Gasteiger partial charge on any atom is -0.497 e. The van der Waals surface area contributed by atoms with Gasteiger partial charge in [0, 0.05) is 51.0 Å². The topological polar surface area (TPSA) is 44.7 Å². The van der Waals surface area contributed by atoms with Crippen LogP contribution in [0.5, 0.6) is 5.75 Å². The molecule has 1 aromatic carbocycles. The molecule has 26 heavy (non-hydrogen) atoms. The molecule has 0 bridgehead atoms. The van der Waals surface area contributed by atoms with Crippen LogP contribution < -0.4 is 19.4 Å². The van der Waals surface area contributed by atoms with E-state index in [1.54, 1.807) is 7.11 Å². The average Bonchev–Trinajstić information content (AvgIpc) is 2.69. The number of aromatic nitrogens is 2. The van der Waals surface area contributed by atoms with Crippen LogP contribution in [0.2, 0.25) is 0 Å². The minimum absolute atomic E-state index is 0.835. The summed E-state index contributed by atoms with van der Waals surface area (Å²) in [6.07, 6.45) is 0. The fourth-order valence-electron chi connectivity index (χ4n) is 3.39. The van der Waals surface area contributed by atoms with Crippen LogP contribution in [0, 0.1) is 6.92 Å². The van der Waals surface area contributed by atoms with Gasteiger partial charge in [0.15, 0.2) is 0 Å². The molecule has 0 radical (unpaired) electrons. The molecule has 1 aliphatic heterocycles. The van der Waals surface area contributed by atoms with Crippen molar-refractivity contribution in [3.63, 3.8) is 0 Å². The van der Waals surface area contributed by atoms with Crippen molar-refractivity contribution in [3.8, 4) is 5.75 Å². The Morgan fingerprint density at radius 1 is 0.962 bits per heavy atom. The van der Waals surface area contributed by atoms with Crippen molar-refractivity contribution in [2.45, 2.75) is 20.8 Å². The molecule has 140 valence electrons. The van der Waals surface area contributed by atoms with Crippen LogP contribution in [0.4, 0.5) is 17.3 Å². The van der Waals surface area contributed by atoms with Crippen LogP contribution in [0.1, 0.15) is 19.7 Å². The van der Waals surface area contributed by atoms with E-state index >= 15 is 0 Å². The van der Waals surface area contributed by atoms with Crippen LogP contribution in [0.3, 0.4) is 0 Å². The number of hydrogen-bond acceptors (Lipinski definition) is 6. The van der Waals surface area contributed by atoms with E-state index < -0.39 is 0 Å². The Morgan fingerprint density at radius 3 is 2.15 bits per heavy atom. The minimum atomic E-state index is 0.835. The zero-order valence-electron chi connectivity index (χ0n) is 16.3.